The summed E-state index contributed by atoms with van der Waals surface area (Å²) in [6.07, 6.45) is 3.54. The lowest BCUT2D eigenvalue weighted by atomic mass is 10.1. The number of halogens is 3. The molecule has 1 aliphatic rings. The van der Waals surface area contributed by atoms with Gasteiger partial charge in [0.05, 0.1) is 5.70 Å². The van der Waals surface area contributed by atoms with Crippen LogP contribution in [0.3, 0.4) is 0 Å². The Bertz CT molecular complexity index is 1110. The molecule has 1 heterocycles. The first-order valence-electron chi connectivity index (χ1n) is 8.57. The quantitative estimate of drug-likeness (QED) is 0.446. The van der Waals surface area contributed by atoms with Gasteiger partial charge in [0.1, 0.15) is 5.82 Å². The van der Waals surface area contributed by atoms with Gasteiger partial charge in [-0.05, 0) is 59.7 Å². The van der Waals surface area contributed by atoms with Crippen LogP contribution in [0.5, 0.6) is 0 Å². The van der Waals surface area contributed by atoms with Crippen LogP contribution >= 0.6 is 23.2 Å². The largest absolute Gasteiger partial charge is 0.276 e. The number of benzene rings is 3. The van der Waals surface area contributed by atoms with E-state index in [1.165, 1.54) is 12.1 Å². The molecule has 0 fully saturated rings. The van der Waals surface area contributed by atoms with Gasteiger partial charge in [0, 0.05) is 21.3 Å². The molecule has 3 aromatic rings. The van der Waals surface area contributed by atoms with Crippen molar-refractivity contribution >= 4 is 46.6 Å². The Morgan fingerprint density at radius 1 is 0.893 bits per heavy atom. The highest BCUT2D eigenvalue weighted by molar-refractivity contribution is 6.35. The Kier molecular flexibility index (Phi) is 5.03. The van der Waals surface area contributed by atoms with Gasteiger partial charge in [-0.2, -0.15) is 0 Å². The predicted molar refractivity (Wildman–Crippen MR) is 113 cm³/mol. The summed E-state index contributed by atoms with van der Waals surface area (Å²) in [5, 5.41) is 0.987. The second-order valence-electron chi connectivity index (χ2n) is 6.28. The van der Waals surface area contributed by atoms with Crippen molar-refractivity contribution in [3.05, 3.63) is 111 Å². The van der Waals surface area contributed by atoms with Crippen molar-refractivity contribution in [3.8, 4) is 0 Å². The van der Waals surface area contributed by atoms with Gasteiger partial charge in [0.25, 0.3) is 5.91 Å². The topological polar surface area (TPSA) is 20.3 Å². The lowest BCUT2D eigenvalue weighted by molar-refractivity contribution is -0.113. The van der Waals surface area contributed by atoms with E-state index in [2.05, 4.69) is 0 Å². The van der Waals surface area contributed by atoms with Crippen LogP contribution in [-0.2, 0) is 4.79 Å². The van der Waals surface area contributed by atoms with Crippen LogP contribution in [0.1, 0.15) is 11.1 Å². The molecule has 0 atom stereocenters. The molecule has 0 aromatic heterocycles. The second-order valence-corrected chi connectivity index (χ2v) is 7.12. The molecule has 28 heavy (non-hydrogen) atoms. The fourth-order valence-electron chi connectivity index (χ4n) is 3.07. The van der Waals surface area contributed by atoms with Gasteiger partial charge >= 0.3 is 0 Å². The fraction of sp³-hybridized carbons (Fsp3) is 0. The normalized spacial score (nSPS) is 15.2. The van der Waals surface area contributed by atoms with Crippen LogP contribution in [-0.4, -0.2) is 5.91 Å². The van der Waals surface area contributed by atoms with Gasteiger partial charge in [-0.15, -0.1) is 0 Å². The maximum atomic E-state index is 13.4. The monoisotopic (exact) mass is 409 g/mol. The van der Waals surface area contributed by atoms with Crippen molar-refractivity contribution in [1.82, 2.24) is 0 Å². The van der Waals surface area contributed by atoms with Gasteiger partial charge in [-0.3, -0.25) is 9.69 Å². The van der Waals surface area contributed by atoms with Gasteiger partial charge < -0.3 is 0 Å². The Labute approximate surface area is 172 Å². The first-order chi connectivity index (χ1) is 13.5. The first kappa shape index (κ1) is 18.5. The third kappa shape index (κ3) is 3.59. The summed E-state index contributed by atoms with van der Waals surface area (Å²) in [6.45, 7) is 0. The van der Waals surface area contributed by atoms with Crippen LogP contribution in [0, 0.1) is 5.82 Å². The standard InChI is InChI=1S/C23H14Cl2FNO/c24-18-7-6-16(21(25)14-18)12-17-13-22(15-4-2-1-3-5-15)27(23(17)28)20-10-8-19(26)9-11-20/h1-14H/b17-12+. The number of hydrogen-bond acceptors (Lipinski definition) is 1. The van der Waals surface area contributed by atoms with Crippen LogP contribution < -0.4 is 4.90 Å². The third-order valence-electron chi connectivity index (χ3n) is 4.41. The van der Waals surface area contributed by atoms with Crippen LogP contribution in [0.4, 0.5) is 10.1 Å². The van der Waals surface area contributed by atoms with E-state index in [0.29, 0.717) is 32.6 Å². The molecule has 0 spiro atoms. The minimum absolute atomic E-state index is 0.212. The second kappa shape index (κ2) is 7.63. The molecule has 138 valence electrons. The maximum absolute atomic E-state index is 13.4. The Balaban J connectivity index is 1.83. The van der Waals surface area contributed by atoms with Crippen molar-refractivity contribution in [2.24, 2.45) is 0 Å². The lowest BCUT2D eigenvalue weighted by Gasteiger charge is -2.20. The average molecular weight is 410 g/mol. The maximum Gasteiger partial charge on any atom is 0.262 e. The molecule has 0 aliphatic carbocycles. The van der Waals surface area contributed by atoms with Crippen LogP contribution in [0.25, 0.3) is 11.8 Å². The SMILES string of the molecule is O=C1/C(=C/c2ccc(Cl)cc2Cl)C=C(c2ccccc2)N1c1ccc(F)cc1. The smallest absolute Gasteiger partial charge is 0.262 e. The van der Waals surface area contributed by atoms with Gasteiger partial charge in [0.2, 0.25) is 0 Å². The molecule has 0 bridgehead atoms. The highest BCUT2D eigenvalue weighted by atomic mass is 35.5. The van der Waals surface area contributed by atoms with Crippen molar-refractivity contribution in [2.45, 2.75) is 0 Å². The average Bonchev–Trinajstić information content (AvgIpc) is 3.02. The summed E-state index contributed by atoms with van der Waals surface area (Å²) in [5.41, 5.74) is 3.36. The summed E-state index contributed by atoms with van der Waals surface area (Å²) < 4.78 is 13.4. The Morgan fingerprint density at radius 2 is 1.61 bits per heavy atom. The number of nitrogens with zero attached hydrogens (tertiary/aromatic N) is 1. The van der Waals surface area contributed by atoms with E-state index in [0.717, 1.165) is 5.56 Å². The van der Waals surface area contributed by atoms with Crippen LogP contribution in [0.2, 0.25) is 10.0 Å². The highest BCUT2D eigenvalue weighted by Crippen LogP contribution is 2.36. The number of carbonyl (C=O) groups is 1. The minimum atomic E-state index is -0.357. The molecule has 1 amide bonds. The minimum Gasteiger partial charge on any atom is -0.276 e. The molecule has 1 aliphatic heterocycles. The summed E-state index contributed by atoms with van der Waals surface area (Å²) >= 11 is 12.2. The zero-order valence-electron chi connectivity index (χ0n) is 14.6. The summed E-state index contributed by atoms with van der Waals surface area (Å²) in [5.74, 6) is -0.569. The summed E-state index contributed by atoms with van der Waals surface area (Å²) in [4.78, 5) is 14.8. The van der Waals surface area contributed by atoms with Gasteiger partial charge in [0.15, 0.2) is 0 Å². The third-order valence-corrected chi connectivity index (χ3v) is 4.97. The number of carbonyl (C=O) groups excluding carboxylic acids is 1. The van der Waals surface area contributed by atoms with Gasteiger partial charge in [-0.1, -0.05) is 59.6 Å². The lowest BCUT2D eigenvalue weighted by Crippen LogP contribution is -2.24. The number of hydrogen-bond donors (Lipinski definition) is 0. The summed E-state index contributed by atoms with van der Waals surface area (Å²) in [6, 6.07) is 20.5. The molecule has 0 radical (unpaired) electrons. The molecular weight excluding hydrogens is 396 g/mol. The zero-order valence-corrected chi connectivity index (χ0v) is 16.1. The molecule has 3 aromatic carbocycles. The van der Waals surface area contributed by atoms with E-state index in [1.54, 1.807) is 41.3 Å². The Hall–Kier alpha value is -2.88. The molecule has 2 nitrogen and oxygen atoms in total. The Morgan fingerprint density at radius 3 is 2.29 bits per heavy atom. The van der Waals surface area contributed by atoms with E-state index in [-0.39, 0.29) is 11.7 Å². The van der Waals surface area contributed by atoms with Crippen molar-refractivity contribution in [1.29, 1.82) is 0 Å². The highest BCUT2D eigenvalue weighted by Gasteiger charge is 2.30. The van der Waals surface area contributed by atoms with Gasteiger partial charge in [-0.25, -0.2) is 4.39 Å². The van der Waals surface area contributed by atoms with E-state index in [4.69, 9.17) is 23.2 Å². The zero-order chi connectivity index (χ0) is 19.7. The van der Waals surface area contributed by atoms with Crippen molar-refractivity contribution in [3.63, 3.8) is 0 Å². The van der Waals surface area contributed by atoms with Crippen molar-refractivity contribution < 1.29 is 9.18 Å². The number of amides is 1. The molecule has 0 saturated heterocycles. The molecule has 5 heteroatoms. The molecular formula is C23H14Cl2FNO. The number of rotatable bonds is 3. The first-order valence-corrected chi connectivity index (χ1v) is 9.32. The fourth-order valence-corrected chi connectivity index (χ4v) is 3.53. The van der Waals surface area contributed by atoms with E-state index >= 15 is 0 Å². The number of anilines is 1. The van der Waals surface area contributed by atoms with E-state index < -0.39 is 0 Å². The molecule has 0 saturated carbocycles. The predicted octanol–water partition coefficient (Wildman–Crippen LogP) is 6.60. The van der Waals surface area contributed by atoms with Crippen molar-refractivity contribution in [2.75, 3.05) is 4.90 Å². The van der Waals surface area contributed by atoms with E-state index in [1.807, 2.05) is 36.4 Å². The molecule has 4 rings (SSSR count). The molecule has 0 N–H and O–H groups in total. The van der Waals surface area contributed by atoms with E-state index in [9.17, 15) is 9.18 Å². The molecule has 0 unspecified atom stereocenters. The van der Waals surface area contributed by atoms with Crippen LogP contribution in [0.15, 0.2) is 84.4 Å². The summed E-state index contributed by atoms with van der Waals surface area (Å²) in [7, 11) is 0.